The predicted molar refractivity (Wildman–Crippen MR) is 75.4 cm³/mol. The summed E-state index contributed by atoms with van der Waals surface area (Å²) in [6.07, 6.45) is 2.22. The maximum absolute atomic E-state index is 3.63. The van der Waals surface area contributed by atoms with Gasteiger partial charge in [-0.3, -0.25) is 0 Å². The zero-order valence-electron chi connectivity index (χ0n) is 9.49. The van der Waals surface area contributed by atoms with Gasteiger partial charge in [-0.15, -0.1) is 0 Å². The van der Waals surface area contributed by atoms with Gasteiger partial charge in [-0.2, -0.15) is 0 Å². The van der Waals surface area contributed by atoms with Crippen LogP contribution in [0, 0.1) is 0 Å². The van der Waals surface area contributed by atoms with Gasteiger partial charge in [0.05, 0.1) is 0 Å². The molecule has 17 heavy (non-hydrogen) atoms. The van der Waals surface area contributed by atoms with Crippen LogP contribution in [-0.4, -0.2) is 6.04 Å². The van der Waals surface area contributed by atoms with Gasteiger partial charge in [0, 0.05) is 16.2 Å². The first-order chi connectivity index (χ1) is 8.33. The summed E-state index contributed by atoms with van der Waals surface area (Å²) in [5, 5.41) is 3.59. The Balaban J connectivity index is 1.77. The van der Waals surface area contributed by atoms with Crippen LogP contribution in [0.1, 0.15) is 11.1 Å². The zero-order valence-corrected chi connectivity index (χ0v) is 11.1. The van der Waals surface area contributed by atoms with Crippen LogP contribution < -0.4 is 5.32 Å². The van der Waals surface area contributed by atoms with E-state index in [1.165, 1.54) is 21.3 Å². The van der Waals surface area contributed by atoms with Gasteiger partial charge in [-0.1, -0.05) is 46.3 Å². The molecule has 1 N–H and O–H groups in total. The molecule has 1 unspecified atom stereocenters. The van der Waals surface area contributed by atoms with Crippen LogP contribution in [0.3, 0.4) is 0 Å². The Morgan fingerprint density at radius 3 is 2.53 bits per heavy atom. The van der Waals surface area contributed by atoms with Crippen LogP contribution in [0.4, 0.5) is 5.69 Å². The Morgan fingerprint density at radius 2 is 1.76 bits per heavy atom. The summed E-state index contributed by atoms with van der Waals surface area (Å²) in [5.41, 5.74) is 4.13. The highest BCUT2D eigenvalue weighted by molar-refractivity contribution is 9.10. The molecule has 0 bridgehead atoms. The lowest BCUT2D eigenvalue weighted by molar-refractivity contribution is 0.773. The number of nitrogens with one attached hydrogen (secondary N) is 1. The molecule has 1 nitrogen and oxygen atoms in total. The van der Waals surface area contributed by atoms with Gasteiger partial charge in [0.2, 0.25) is 0 Å². The molecule has 2 aromatic rings. The van der Waals surface area contributed by atoms with Crippen molar-refractivity contribution in [2.24, 2.45) is 0 Å². The average molecular weight is 288 g/mol. The van der Waals surface area contributed by atoms with Crippen molar-refractivity contribution < 1.29 is 0 Å². The molecule has 0 saturated heterocycles. The molecule has 3 rings (SSSR count). The number of benzene rings is 2. The Morgan fingerprint density at radius 1 is 0.941 bits per heavy atom. The second-order valence-corrected chi connectivity index (χ2v) is 5.35. The van der Waals surface area contributed by atoms with Gasteiger partial charge in [0.1, 0.15) is 0 Å². The predicted octanol–water partition coefficient (Wildman–Crippen LogP) is 4.03. The van der Waals surface area contributed by atoms with Crippen LogP contribution in [0.2, 0.25) is 0 Å². The van der Waals surface area contributed by atoms with E-state index in [1.807, 2.05) is 6.07 Å². The summed E-state index contributed by atoms with van der Waals surface area (Å²) in [4.78, 5) is 0. The van der Waals surface area contributed by atoms with Gasteiger partial charge >= 0.3 is 0 Å². The number of halogens is 1. The molecule has 1 aliphatic carbocycles. The first-order valence-electron chi connectivity index (χ1n) is 5.91. The summed E-state index contributed by atoms with van der Waals surface area (Å²) in [6.45, 7) is 0. The fourth-order valence-electron chi connectivity index (χ4n) is 2.48. The third-order valence-corrected chi connectivity index (χ3v) is 4.02. The smallest absolute Gasteiger partial charge is 0.0342 e. The van der Waals surface area contributed by atoms with Crippen molar-refractivity contribution in [2.75, 3.05) is 5.32 Å². The normalized spacial score (nSPS) is 17.8. The van der Waals surface area contributed by atoms with Crippen molar-refractivity contribution in [3.8, 4) is 0 Å². The third-order valence-electron chi connectivity index (χ3n) is 3.28. The van der Waals surface area contributed by atoms with E-state index in [9.17, 15) is 0 Å². The zero-order chi connectivity index (χ0) is 11.7. The number of para-hydroxylation sites is 1. The average Bonchev–Trinajstić information content (AvgIpc) is 2.74. The van der Waals surface area contributed by atoms with Crippen LogP contribution in [0.5, 0.6) is 0 Å². The molecule has 0 radical (unpaired) electrons. The Hall–Kier alpha value is -1.28. The molecule has 2 heteroatoms. The number of fused-ring (bicyclic) bond motifs is 1. The van der Waals surface area contributed by atoms with E-state index in [2.05, 4.69) is 63.7 Å². The third kappa shape index (κ3) is 2.22. The van der Waals surface area contributed by atoms with E-state index in [0.29, 0.717) is 6.04 Å². The van der Waals surface area contributed by atoms with E-state index >= 15 is 0 Å². The monoisotopic (exact) mass is 287 g/mol. The van der Waals surface area contributed by atoms with Crippen molar-refractivity contribution >= 4 is 21.6 Å². The standard InChI is InChI=1S/C15H14BrN/c16-15-8-4-5-11-9-13(10-14(11)15)17-12-6-2-1-3-7-12/h1-8,13,17H,9-10H2. The molecule has 0 saturated carbocycles. The van der Waals surface area contributed by atoms with Gasteiger partial charge in [-0.25, -0.2) is 0 Å². The molecule has 2 aromatic carbocycles. The molecular weight excluding hydrogens is 274 g/mol. The van der Waals surface area contributed by atoms with Crippen molar-refractivity contribution in [1.82, 2.24) is 0 Å². The molecule has 0 heterocycles. The van der Waals surface area contributed by atoms with Crippen molar-refractivity contribution in [1.29, 1.82) is 0 Å². The summed E-state index contributed by atoms with van der Waals surface area (Å²) in [7, 11) is 0. The minimum absolute atomic E-state index is 0.520. The number of rotatable bonds is 2. The minimum atomic E-state index is 0.520. The quantitative estimate of drug-likeness (QED) is 0.879. The Labute approximate surface area is 110 Å². The Kier molecular flexibility index (Phi) is 2.89. The van der Waals surface area contributed by atoms with Gasteiger partial charge in [-0.05, 0) is 42.2 Å². The molecular formula is C15H14BrN. The lowest BCUT2D eigenvalue weighted by atomic mass is 10.1. The second kappa shape index (κ2) is 4.53. The largest absolute Gasteiger partial charge is 0.382 e. The van der Waals surface area contributed by atoms with E-state index in [-0.39, 0.29) is 0 Å². The van der Waals surface area contributed by atoms with Crippen molar-refractivity contribution in [3.05, 3.63) is 64.1 Å². The first kappa shape index (κ1) is 10.8. The van der Waals surface area contributed by atoms with Crippen LogP contribution >= 0.6 is 15.9 Å². The maximum atomic E-state index is 3.63. The van der Waals surface area contributed by atoms with E-state index in [4.69, 9.17) is 0 Å². The van der Waals surface area contributed by atoms with Crippen LogP contribution in [-0.2, 0) is 12.8 Å². The van der Waals surface area contributed by atoms with Crippen molar-refractivity contribution in [3.63, 3.8) is 0 Å². The maximum Gasteiger partial charge on any atom is 0.0342 e. The SMILES string of the molecule is Brc1cccc2c1CC(Nc1ccccc1)C2. The number of hydrogen-bond donors (Lipinski definition) is 1. The van der Waals surface area contributed by atoms with Gasteiger partial charge in [0.15, 0.2) is 0 Å². The lowest BCUT2D eigenvalue weighted by Crippen LogP contribution is -2.19. The number of anilines is 1. The lowest BCUT2D eigenvalue weighted by Gasteiger charge is -2.13. The highest BCUT2D eigenvalue weighted by Crippen LogP contribution is 2.30. The molecule has 86 valence electrons. The molecule has 0 amide bonds. The number of hydrogen-bond acceptors (Lipinski definition) is 1. The summed E-state index contributed by atoms with van der Waals surface area (Å²) in [6, 6.07) is 17.4. The summed E-state index contributed by atoms with van der Waals surface area (Å²) >= 11 is 3.63. The fraction of sp³-hybridized carbons (Fsp3) is 0.200. The fourth-order valence-corrected chi connectivity index (χ4v) is 3.05. The highest BCUT2D eigenvalue weighted by Gasteiger charge is 2.22. The second-order valence-electron chi connectivity index (χ2n) is 4.49. The summed E-state index contributed by atoms with van der Waals surface area (Å²) in [5.74, 6) is 0. The van der Waals surface area contributed by atoms with Gasteiger partial charge in [0.25, 0.3) is 0 Å². The van der Waals surface area contributed by atoms with Crippen LogP contribution in [0.25, 0.3) is 0 Å². The van der Waals surface area contributed by atoms with E-state index < -0.39 is 0 Å². The highest BCUT2D eigenvalue weighted by atomic mass is 79.9. The molecule has 1 atom stereocenters. The molecule has 1 aliphatic rings. The van der Waals surface area contributed by atoms with Crippen LogP contribution in [0.15, 0.2) is 53.0 Å². The van der Waals surface area contributed by atoms with Crippen molar-refractivity contribution in [2.45, 2.75) is 18.9 Å². The molecule has 0 aliphatic heterocycles. The molecule has 0 spiro atoms. The molecule has 0 aromatic heterocycles. The van der Waals surface area contributed by atoms with E-state index in [1.54, 1.807) is 0 Å². The Bertz CT molecular complexity index is 522. The topological polar surface area (TPSA) is 12.0 Å². The first-order valence-corrected chi connectivity index (χ1v) is 6.70. The van der Waals surface area contributed by atoms with Gasteiger partial charge < -0.3 is 5.32 Å². The summed E-state index contributed by atoms with van der Waals surface area (Å²) < 4.78 is 1.24. The van der Waals surface area contributed by atoms with E-state index in [0.717, 1.165) is 12.8 Å². The minimum Gasteiger partial charge on any atom is -0.382 e. The molecule has 0 fully saturated rings.